The maximum Gasteiger partial charge on any atom is 0.244 e. The first kappa shape index (κ1) is 13.5. The van der Waals surface area contributed by atoms with Gasteiger partial charge in [0.25, 0.3) is 0 Å². The van der Waals surface area contributed by atoms with Crippen molar-refractivity contribution >= 4 is 21.4 Å². The SMILES string of the molecule is Cc1cc(S(=O)(=O)N2CCC3CNCC3C2)c(C)s1. The molecule has 1 aromatic heterocycles. The first-order valence-corrected chi connectivity index (χ1v) is 9.02. The lowest BCUT2D eigenvalue weighted by molar-refractivity contribution is 0.228. The normalized spacial score (nSPS) is 28.5. The Balaban J connectivity index is 1.87. The summed E-state index contributed by atoms with van der Waals surface area (Å²) in [6.07, 6.45) is 0.985. The molecule has 6 heteroatoms. The fourth-order valence-electron chi connectivity index (χ4n) is 3.22. The summed E-state index contributed by atoms with van der Waals surface area (Å²) in [6, 6.07) is 1.81. The van der Waals surface area contributed by atoms with Gasteiger partial charge in [-0.15, -0.1) is 11.3 Å². The van der Waals surface area contributed by atoms with Crippen LogP contribution in [0.2, 0.25) is 0 Å². The van der Waals surface area contributed by atoms with Gasteiger partial charge in [0, 0.05) is 22.8 Å². The van der Waals surface area contributed by atoms with Crippen LogP contribution in [0.4, 0.5) is 0 Å². The molecule has 106 valence electrons. The van der Waals surface area contributed by atoms with Gasteiger partial charge in [0.2, 0.25) is 10.0 Å². The molecule has 0 aliphatic carbocycles. The van der Waals surface area contributed by atoms with Crippen molar-refractivity contribution in [3.63, 3.8) is 0 Å². The Labute approximate surface area is 118 Å². The minimum absolute atomic E-state index is 0.489. The third kappa shape index (κ3) is 2.35. The van der Waals surface area contributed by atoms with Crippen molar-refractivity contribution in [3.05, 3.63) is 15.8 Å². The summed E-state index contributed by atoms with van der Waals surface area (Å²) >= 11 is 1.56. The number of rotatable bonds is 2. The fourth-order valence-corrected chi connectivity index (χ4v) is 6.26. The average molecular weight is 300 g/mol. The lowest BCUT2D eigenvalue weighted by Crippen LogP contribution is -2.43. The van der Waals surface area contributed by atoms with E-state index in [1.165, 1.54) is 0 Å². The molecule has 2 atom stereocenters. The van der Waals surface area contributed by atoms with Gasteiger partial charge in [-0.1, -0.05) is 0 Å². The van der Waals surface area contributed by atoms with Crippen molar-refractivity contribution in [1.82, 2.24) is 9.62 Å². The van der Waals surface area contributed by atoms with E-state index >= 15 is 0 Å². The van der Waals surface area contributed by atoms with Crippen LogP contribution in [0.5, 0.6) is 0 Å². The van der Waals surface area contributed by atoms with E-state index < -0.39 is 10.0 Å². The summed E-state index contributed by atoms with van der Waals surface area (Å²) in [5, 5.41) is 3.37. The molecule has 1 aromatic rings. The molecule has 0 aromatic carbocycles. The number of thiophene rings is 1. The number of nitrogens with zero attached hydrogens (tertiary/aromatic N) is 1. The summed E-state index contributed by atoms with van der Waals surface area (Å²) in [6.45, 7) is 7.21. The molecule has 0 spiro atoms. The molecule has 3 heterocycles. The number of hydrogen-bond donors (Lipinski definition) is 1. The van der Waals surface area contributed by atoms with Crippen LogP contribution in [0.1, 0.15) is 16.2 Å². The molecule has 2 aliphatic rings. The monoisotopic (exact) mass is 300 g/mol. The predicted molar refractivity (Wildman–Crippen MR) is 77.0 cm³/mol. The van der Waals surface area contributed by atoms with E-state index in [-0.39, 0.29) is 0 Å². The van der Waals surface area contributed by atoms with Gasteiger partial charge < -0.3 is 5.32 Å². The second-order valence-electron chi connectivity index (χ2n) is 5.61. The van der Waals surface area contributed by atoms with Gasteiger partial charge in [-0.25, -0.2) is 8.42 Å². The van der Waals surface area contributed by atoms with Crippen LogP contribution in [0, 0.1) is 25.7 Å². The van der Waals surface area contributed by atoms with Gasteiger partial charge in [-0.2, -0.15) is 4.31 Å². The Morgan fingerprint density at radius 1 is 1.32 bits per heavy atom. The van der Waals surface area contributed by atoms with Crippen LogP contribution >= 0.6 is 11.3 Å². The maximum atomic E-state index is 12.7. The highest BCUT2D eigenvalue weighted by atomic mass is 32.2. The summed E-state index contributed by atoms with van der Waals surface area (Å²) < 4.78 is 27.1. The van der Waals surface area contributed by atoms with E-state index in [4.69, 9.17) is 0 Å². The number of fused-ring (bicyclic) bond motifs is 1. The molecule has 0 saturated carbocycles. The topological polar surface area (TPSA) is 49.4 Å². The van der Waals surface area contributed by atoms with Crippen LogP contribution in [0.15, 0.2) is 11.0 Å². The molecule has 0 radical (unpaired) electrons. The molecule has 2 aliphatic heterocycles. The van der Waals surface area contributed by atoms with Crippen molar-refractivity contribution in [2.24, 2.45) is 11.8 Å². The average Bonchev–Trinajstić information content (AvgIpc) is 2.94. The van der Waals surface area contributed by atoms with Crippen molar-refractivity contribution in [2.45, 2.75) is 25.2 Å². The number of hydrogen-bond acceptors (Lipinski definition) is 4. The summed E-state index contributed by atoms with van der Waals surface area (Å²) in [5.74, 6) is 1.15. The first-order chi connectivity index (χ1) is 8.98. The fraction of sp³-hybridized carbons (Fsp3) is 0.692. The Morgan fingerprint density at radius 2 is 2.05 bits per heavy atom. The molecule has 0 bridgehead atoms. The molecule has 19 heavy (non-hydrogen) atoms. The first-order valence-electron chi connectivity index (χ1n) is 6.76. The largest absolute Gasteiger partial charge is 0.316 e. The highest BCUT2D eigenvalue weighted by Crippen LogP contribution is 2.33. The van der Waals surface area contributed by atoms with Gasteiger partial charge >= 0.3 is 0 Å². The zero-order valence-electron chi connectivity index (χ0n) is 11.3. The third-order valence-corrected chi connectivity index (χ3v) is 7.37. The molecule has 2 fully saturated rings. The molecule has 2 saturated heterocycles. The Hall–Kier alpha value is -0.430. The summed E-state index contributed by atoms with van der Waals surface area (Å²) in [5.41, 5.74) is 0. The number of sulfonamides is 1. The van der Waals surface area contributed by atoms with Gasteiger partial charge in [-0.05, 0) is 51.3 Å². The summed E-state index contributed by atoms with van der Waals surface area (Å²) in [4.78, 5) is 2.48. The van der Waals surface area contributed by atoms with Crippen molar-refractivity contribution < 1.29 is 8.42 Å². The van der Waals surface area contributed by atoms with E-state index in [0.29, 0.717) is 29.8 Å². The smallest absolute Gasteiger partial charge is 0.244 e. The van der Waals surface area contributed by atoms with Gasteiger partial charge in [0.1, 0.15) is 0 Å². The van der Waals surface area contributed by atoms with E-state index in [0.717, 1.165) is 29.3 Å². The zero-order chi connectivity index (χ0) is 13.6. The Bertz CT molecular complexity index is 579. The van der Waals surface area contributed by atoms with E-state index in [2.05, 4.69) is 5.32 Å². The predicted octanol–water partition coefficient (Wildman–Crippen LogP) is 1.59. The van der Waals surface area contributed by atoms with E-state index in [9.17, 15) is 8.42 Å². The Kier molecular flexibility index (Phi) is 3.45. The molecule has 0 amide bonds. The van der Waals surface area contributed by atoms with Crippen LogP contribution in [0.3, 0.4) is 0 Å². The minimum atomic E-state index is -3.29. The third-order valence-electron chi connectivity index (χ3n) is 4.28. The molecule has 1 N–H and O–H groups in total. The van der Waals surface area contributed by atoms with Gasteiger partial charge in [-0.3, -0.25) is 0 Å². The van der Waals surface area contributed by atoms with Crippen molar-refractivity contribution in [1.29, 1.82) is 0 Å². The molecule has 3 rings (SSSR count). The molecule has 2 unspecified atom stereocenters. The zero-order valence-corrected chi connectivity index (χ0v) is 13.0. The quantitative estimate of drug-likeness (QED) is 0.902. The van der Waals surface area contributed by atoms with Crippen LogP contribution in [-0.4, -0.2) is 38.9 Å². The van der Waals surface area contributed by atoms with Crippen LogP contribution in [-0.2, 0) is 10.0 Å². The molecular formula is C13H20N2O2S2. The lowest BCUT2D eigenvalue weighted by Gasteiger charge is -2.33. The highest BCUT2D eigenvalue weighted by Gasteiger charge is 2.38. The number of aryl methyl sites for hydroxylation is 2. The standard InChI is InChI=1S/C13H20N2O2S2/c1-9-5-13(10(2)18-9)19(16,17)15-4-3-11-6-14-7-12(11)8-15/h5,11-12,14H,3-4,6-8H2,1-2H3. The van der Waals surface area contributed by atoms with Crippen molar-refractivity contribution in [2.75, 3.05) is 26.2 Å². The van der Waals surface area contributed by atoms with Crippen LogP contribution < -0.4 is 5.32 Å². The van der Waals surface area contributed by atoms with Gasteiger partial charge in [0.05, 0.1) is 4.90 Å². The second kappa shape index (κ2) is 4.84. The minimum Gasteiger partial charge on any atom is -0.316 e. The summed E-state index contributed by atoms with van der Waals surface area (Å²) in [7, 11) is -3.29. The van der Waals surface area contributed by atoms with Gasteiger partial charge in [0.15, 0.2) is 0 Å². The van der Waals surface area contributed by atoms with E-state index in [1.54, 1.807) is 15.6 Å². The van der Waals surface area contributed by atoms with Crippen LogP contribution in [0.25, 0.3) is 0 Å². The van der Waals surface area contributed by atoms with E-state index in [1.807, 2.05) is 19.9 Å². The number of piperidine rings is 1. The number of nitrogens with one attached hydrogen (secondary N) is 1. The maximum absolute atomic E-state index is 12.7. The molecule has 4 nitrogen and oxygen atoms in total. The Morgan fingerprint density at radius 3 is 2.74 bits per heavy atom. The lowest BCUT2D eigenvalue weighted by atomic mass is 9.90. The molecular weight excluding hydrogens is 280 g/mol. The highest BCUT2D eigenvalue weighted by molar-refractivity contribution is 7.89. The second-order valence-corrected chi connectivity index (χ2v) is 8.97. The van der Waals surface area contributed by atoms with Crippen molar-refractivity contribution in [3.8, 4) is 0 Å².